The fourth-order valence-corrected chi connectivity index (χ4v) is 5.50. The summed E-state index contributed by atoms with van der Waals surface area (Å²) in [6.07, 6.45) is 1.24. The van der Waals surface area contributed by atoms with Crippen molar-refractivity contribution in [3.05, 3.63) is 0 Å². The predicted octanol–water partition coefficient (Wildman–Crippen LogP) is 2.92. The van der Waals surface area contributed by atoms with Crippen molar-refractivity contribution >= 4 is 43.4 Å². The fraction of sp³-hybridized carbons (Fsp3) is 0.846. The van der Waals surface area contributed by atoms with E-state index in [1.54, 1.807) is 0 Å². The summed E-state index contributed by atoms with van der Waals surface area (Å²) in [4.78, 5) is 22.2. The van der Waals surface area contributed by atoms with Gasteiger partial charge in [-0.2, -0.15) is 0 Å². The van der Waals surface area contributed by atoms with Gasteiger partial charge in [0, 0.05) is 44.5 Å². The zero-order chi connectivity index (χ0) is 16.1. The van der Waals surface area contributed by atoms with Crippen molar-refractivity contribution in [1.82, 2.24) is 0 Å². The summed E-state index contributed by atoms with van der Waals surface area (Å²) in [7, 11) is -2.59. The van der Waals surface area contributed by atoms with Crippen LogP contribution in [0.4, 0.5) is 0 Å². The SMILES string of the molecule is CCO[Si](CCCSC(=O)CCC(=O)S)(OCC)OCC. The summed E-state index contributed by atoms with van der Waals surface area (Å²) in [6, 6.07) is 0.703. The number of thioether (sulfide) groups is 1. The zero-order valence-corrected chi connectivity index (χ0v) is 15.8. The average Bonchev–Trinajstić information content (AvgIpc) is 2.42. The Labute approximate surface area is 138 Å². The molecule has 5 nitrogen and oxygen atoms in total. The van der Waals surface area contributed by atoms with E-state index in [-0.39, 0.29) is 23.1 Å². The number of carbonyl (C=O) groups is 2. The summed E-state index contributed by atoms with van der Waals surface area (Å²) >= 11 is 4.89. The van der Waals surface area contributed by atoms with Gasteiger partial charge in [0.05, 0.1) is 0 Å². The predicted molar refractivity (Wildman–Crippen MR) is 90.7 cm³/mol. The molecule has 0 radical (unpaired) electrons. The quantitative estimate of drug-likeness (QED) is 0.312. The number of rotatable bonds is 13. The van der Waals surface area contributed by atoms with Gasteiger partial charge >= 0.3 is 8.80 Å². The Hall–Kier alpha value is 0.137. The Kier molecular flexibility index (Phi) is 12.7. The highest BCUT2D eigenvalue weighted by molar-refractivity contribution is 8.13. The third kappa shape index (κ3) is 10.5. The smallest absolute Gasteiger partial charge is 0.374 e. The normalized spacial score (nSPS) is 11.6. The molecule has 0 bridgehead atoms. The number of hydrogen-bond donors (Lipinski definition) is 1. The summed E-state index contributed by atoms with van der Waals surface area (Å²) in [5, 5.41) is -0.228. The monoisotopic (exact) mass is 354 g/mol. The van der Waals surface area contributed by atoms with Gasteiger partial charge < -0.3 is 13.3 Å². The van der Waals surface area contributed by atoms with Crippen LogP contribution in [0.1, 0.15) is 40.0 Å². The van der Waals surface area contributed by atoms with E-state index in [1.165, 1.54) is 11.8 Å². The third-order valence-electron chi connectivity index (χ3n) is 2.53. The summed E-state index contributed by atoms with van der Waals surface area (Å²) < 4.78 is 17.2. The van der Waals surface area contributed by atoms with E-state index in [4.69, 9.17) is 13.3 Å². The Morgan fingerprint density at radius 2 is 1.52 bits per heavy atom. The van der Waals surface area contributed by atoms with Crippen molar-refractivity contribution in [2.24, 2.45) is 0 Å². The van der Waals surface area contributed by atoms with Crippen LogP contribution in [0.5, 0.6) is 0 Å². The maximum absolute atomic E-state index is 11.5. The highest BCUT2D eigenvalue weighted by atomic mass is 32.2. The van der Waals surface area contributed by atoms with Gasteiger partial charge in [-0.15, -0.1) is 12.6 Å². The van der Waals surface area contributed by atoms with Crippen LogP contribution < -0.4 is 0 Å². The molecule has 8 heteroatoms. The lowest BCUT2D eigenvalue weighted by Crippen LogP contribution is -2.46. The second kappa shape index (κ2) is 12.7. The van der Waals surface area contributed by atoms with Crippen LogP contribution in [0.2, 0.25) is 6.04 Å². The van der Waals surface area contributed by atoms with Crippen LogP contribution in [0.3, 0.4) is 0 Å². The summed E-state index contributed by atoms with van der Waals surface area (Å²) in [5.74, 6) is 0.682. The first kappa shape index (κ1) is 21.1. The molecular formula is C13H26O5S2Si. The highest BCUT2D eigenvalue weighted by Crippen LogP contribution is 2.20. The van der Waals surface area contributed by atoms with E-state index in [0.717, 1.165) is 6.42 Å². The maximum Gasteiger partial charge on any atom is 0.500 e. The van der Waals surface area contributed by atoms with Crippen molar-refractivity contribution in [1.29, 1.82) is 0 Å². The first-order chi connectivity index (χ1) is 9.99. The standard InChI is InChI=1S/C13H26O5S2Si/c1-4-16-21(17-5-2,18-6-3)11-7-10-20-13(15)9-8-12(14)19/h4-11H2,1-3H3,(H,14,19). The molecule has 124 valence electrons. The van der Waals surface area contributed by atoms with Crippen LogP contribution in [0, 0.1) is 0 Å². The Bertz CT molecular complexity index is 298. The van der Waals surface area contributed by atoms with E-state index in [2.05, 4.69) is 12.6 Å². The minimum atomic E-state index is -2.59. The lowest BCUT2D eigenvalue weighted by molar-refractivity contribution is -0.115. The number of thiol groups is 1. The minimum absolute atomic E-state index is 0.0221. The van der Waals surface area contributed by atoms with Gasteiger partial charge in [-0.05, 0) is 27.2 Å². The molecule has 0 aromatic carbocycles. The molecule has 0 atom stereocenters. The third-order valence-corrected chi connectivity index (χ3v) is 6.92. The Balaban J connectivity index is 4.11. The molecule has 0 N–H and O–H groups in total. The van der Waals surface area contributed by atoms with Gasteiger partial charge in [-0.25, -0.2) is 0 Å². The maximum atomic E-state index is 11.5. The molecule has 0 spiro atoms. The zero-order valence-electron chi connectivity index (χ0n) is 13.1. The van der Waals surface area contributed by atoms with Crippen molar-refractivity contribution in [2.45, 2.75) is 46.1 Å². The molecule has 0 amide bonds. The van der Waals surface area contributed by atoms with Crippen molar-refractivity contribution in [2.75, 3.05) is 25.6 Å². The molecule has 0 fully saturated rings. The molecule has 0 rings (SSSR count). The van der Waals surface area contributed by atoms with Crippen molar-refractivity contribution in [3.63, 3.8) is 0 Å². The van der Waals surface area contributed by atoms with Gasteiger partial charge in [-0.1, -0.05) is 11.8 Å². The molecule has 0 aromatic heterocycles. The fourth-order valence-electron chi connectivity index (χ4n) is 1.76. The first-order valence-electron chi connectivity index (χ1n) is 7.29. The van der Waals surface area contributed by atoms with Gasteiger partial charge in [0.1, 0.15) is 0 Å². The molecular weight excluding hydrogens is 328 g/mol. The van der Waals surface area contributed by atoms with Gasteiger partial charge in [-0.3, -0.25) is 9.59 Å². The second-order valence-corrected chi connectivity index (χ2v) is 8.58. The number of hydrogen-bond acceptors (Lipinski definition) is 6. The van der Waals surface area contributed by atoms with Crippen molar-refractivity contribution in [3.8, 4) is 0 Å². The first-order valence-corrected chi connectivity index (χ1v) is 10.6. The second-order valence-electron chi connectivity index (χ2n) is 4.20. The van der Waals surface area contributed by atoms with Crippen LogP contribution in [-0.4, -0.2) is 44.6 Å². The number of carbonyl (C=O) groups excluding carboxylic acids is 2. The highest BCUT2D eigenvalue weighted by Gasteiger charge is 2.39. The van der Waals surface area contributed by atoms with E-state index in [0.29, 0.717) is 31.6 Å². The largest absolute Gasteiger partial charge is 0.500 e. The molecule has 0 aliphatic carbocycles. The van der Waals surface area contributed by atoms with E-state index >= 15 is 0 Å². The molecule has 21 heavy (non-hydrogen) atoms. The molecule has 0 aliphatic rings. The lowest BCUT2D eigenvalue weighted by Gasteiger charge is -2.28. The molecule has 0 saturated carbocycles. The average molecular weight is 355 g/mol. The van der Waals surface area contributed by atoms with E-state index in [9.17, 15) is 9.59 Å². The van der Waals surface area contributed by atoms with E-state index < -0.39 is 8.80 Å². The topological polar surface area (TPSA) is 61.8 Å². The molecule has 0 aliphatic heterocycles. The molecule has 0 aromatic rings. The van der Waals surface area contributed by atoms with Crippen LogP contribution in [0.25, 0.3) is 0 Å². The molecule has 0 heterocycles. The van der Waals surface area contributed by atoms with Gasteiger partial charge in [0.15, 0.2) is 10.2 Å². The van der Waals surface area contributed by atoms with Crippen molar-refractivity contribution < 1.29 is 22.9 Å². The molecule has 0 saturated heterocycles. The summed E-state index contributed by atoms with van der Waals surface area (Å²) in [6.45, 7) is 7.44. The minimum Gasteiger partial charge on any atom is -0.374 e. The Morgan fingerprint density at radius 3 is 1.95 bits per heavy atom. The summed E-state index contributed by atoms with van der Waals surface area (Å²) in [5.41, 5.74) is 0. The van der Waals surface area contributed by atoms with Crippen LogP contribution in [0.15, 0.2) is 0 Å². The van der Waals surface area contributed by atoms with Crippen LogP contribution >= 0.6 is 24.4 Å². The van der Waals surface area contributed by atoms with Gasteiger partial charge in [0.2, 0.25) is 0 Å². The lowest BCUT2D eigenvalue weighted by atomic mass is 10.4. The van der Waals surface area contributed by atoms with Crippen LogP contribution in [-0.2, 0) is 22.9 Å². The Morgan fingerprint density at radius 1 is 1.00 bits per heavy atom. The molecule has 0 unspecified atom stereocenters. The van der Waals surface area contributed by atoms with Gasteiger partial charge in [0.25, 0.3) is 0 Å². The van der Waals surface area contributed by atoms with E-state index in [1.807, 2.05) is 20.8 Å².